The molecule has 1 aromatic heterocycles. The third-order valence-corrected chi connectivity index (χ3v) is 6.52. The first-order valence-electron chi connectivity index (χ1n) is 7.59. The molecular formula is C13H22N4O3S. The summed E-state index contributed by atoms with van der Waals surface area (Å²) in [6.07, 6.45) is 4.93. The molecule has 8 heteroatoms. The smallest absolute Gasteiger partial charge is 0.245 e. The van der Waals surface area contributed by atoms with Crippen LogP contribution in [-0.2, 0) is 15.6 Å². The lowest BCUT2D eigenvalue weighted by Gasteiger charge is -2.34. The van der Waals surface area contributed by atoms with Gasteiger partial charge in [0.15, 0.2) is 5.82 Å². The van der Waals surface area contributed by atoms with Gasteiger partial charge in [0.25, 0.3) is 0 Å². The normalized spacial score (nSPS) is 25.9. The van der Waals surface area contributed by atoms with Gasteiger partial charge in [-0.3, -0.25) is 0 Å². The molecule has 1 saturated carbocycles. The highest BCUT2D eigenvalue weighted by atomic mass is 32.2. The van der Waals surface area contributed by atoms with E-state index in [0.29, 0.717) is 24.7 Å². The minimum absolute atomic E-state index is 0.158. The van der Waals surface area contributed by atoms with E-state index in [4.69, 9.17) is 10.3 Å². The molecule has 0 radical (unpaired) electrons. The highest BCUT2D eigenvalue weighted by Gasteiger charge is 2.42. The Morgan fingerprint density at radius 2 is 2.19 bits per heavy atom. The Kier molecular flexibility index (Phi) is 3.79. The van der Waals surface area contributed by atoms with Gasteiger partial charge in [0, 0.05) is 6.54 Å². The van der Waals surface area contributed by atoms with E-state index in [-0.39, 0.29) is 11.8 Å². The molecule has 2 N–H and O–H groups in total. The Morgan fingerprint density at radius 1 is 1.43 bits per heavy atom. The molecule has 1 aliphatic heterocycles. The van der Waals surface area contributed by atoms with Crippen molar-refractivity contribution in [3.05, 3.63) is 11.7 Å². The Hall–Kier alpha value is -0.990. The maximum atomic E-state index is 12.3. The summed E-state index contributed by atoms with van der Waals surface area (Å²) in [6, 6.07) is -0.327. The summed E-state index contributed by atoms with van der Waals surface area (Å²) in [5.41, 5.74) is 5.71. The van der Waals surface area contributed by atoms with Crippen LogP contribution in [0.5, 0.6) is 0 Å². The molecule has 0 aromatic carbocycles. The summed E-state index contributed by atoms with van der Waals surface area (Å²) < 4.78 is 31.4. The molecule has 0 amide bonds. The first-order chi connectivity index (χ1) is 9.96. The third-order valence-electron chi connectivity index (χ3n) is 4.44. The van der Waals surface area contributed by atoms with Gasteiger partial charge in [-0.25, -0.2) is 8.42 Å². The predicted octanol–water partition coefficient (Wildman–Crippen LogP) is 1.28. The fraction of sp³-hybridized carbons (Fsp3) is 0.846. The topological polar surface area (TPSA) is 102 Å². The highest BCUT2D eigenvalue weighted by Crippen LogP contribution is 2.39. The Bertz CT molecular complexity index is 609. The number of nitrogens with zero attached hydrogens (tertiary/aromatic N) is 3. The Morgan fingerprint density at radius 3 is 2.81 bits per heavy atom. The average Bonchev–Trinajstić information content (AvgIpc) is 3.04. The van der Waals surface area contributed by atoms with E-state index in [1.165, 1.54) is 4.31 Å². The molecule has 1 saturated heterocycles. The minimum Gasteiger partial charge on any atom is -0.337 e. The van der Waals surface area contributed by atoms with Crippen molar-refractivity contribution < 1.29 is 12.9 Å². The predicted molar refractivity (Wildman–Crippen MR) is 76.8 cm³/mol. The molecular weight excluding hydrogens is 292 g/mol. The maximum Gasteiger partial charge on any atom is 0.245 e. The second-order valence-electron chi connectivity index (χ2n) is 6.05. The van der Waals surface area contributed by atoms with Crippen LogP contribution in [0.1, 0.15) is 63.2 Å². The molecule has 0 bridgehead atoms. The number of hydrogen-bond acceptors (Lipinski definition) is 6. The van der Waals surface area contributed by atoms with E-state index in [1.807, 2.05) is 6.92 Å². The molecule has 3 rings (SSSR count). The number of hydrogen-bond donors (Lipinski definition) is 1. The second-order valence-corrected chi connectivity index (χ2v) is 8.09. The Labute approximate surface area is 124 Å². The monoisotopic (exact) mass is 314 g/mol. The summed E-state index contributed by atoms with van der Waals surface area (Å²) in [5.74, 6) is 1.06. The molecule has 2 aliphatic rings. The molecule has 118 valence electrons. The van der Waals surface area contributed by atoms with Crippen LogP contribution in [0.25, 0.3) is 0 Å². The molecule has 2 heterocycles. The fourth-order valence-electron chi connectivity index (χ4n) is 3.05. The van der Waals surface area contributed by atoms with Gasteiger partial charge in [0.05, 0.1) is 11.3 Å². The SMILES string of the molecule is CCCS(=O)(=O)N1CCCC1c1nc(C2(N)CCC2)no1. The lowest BCUT2D eigenvalue weighted by atomic mass is 9.77. The van der Waals surface area contributed by atoms with Crippen molar-refractivity contribution in [3.8, 4) is 0 Å². The highest BCUT2D eigenvalue weighted by molar-refractivity contribution is 7.89. The number of aromatic nitrogens is 2. The van der Waals surface area contributed by atoms with Crippen molar-refractivity contribution in [1.29, 1.82) is 0 Å². The first-order valence-corrected chi connectivity index (χ1v) is 9.20. The molecule has 21 heavy (non-hydrogen) atoms. The van der Waals surface area contributed by atoms with Crippen LogP contribution in [0.3, 0.4) is 0 Å². The van der Waals surface area contributed by atoms with E-state index >= 15 is 0 Å². The van der Waals surface area contributed by atoms with Gasteiger partial charge in [0.2, 0.25) is 15.9 Å². The minimum atomic E-state index is -3.25. The van der Waals surface area contributed by atoms with Crippen LogP contribution in [0.4, 0.5) is 0 Å². The number of sulfonamides is 1. The van der Waals surface area contributed by atoms with Crippen LogP contribution < -0.4 is 5.73 Å². The van der Waals surface area contributed by atoms with Crippen LogP contribution in [0.15, 0.2) is 4.52 Å². The van der Waals surface area contributed by atoms with Gasteiger partial charge in [-0.1, -0.05) is 12.1 Å². The zero-order valence-corrected chi connectivity index (χ0v) is 13.1. The molecule has 1 atom stereocenters. The summed E-state index contributed by atoms with van der Waals surface area (Å²) in [5, 5.41) is 3.98. The molecule has 7 nitrogen and oxygen atoms in total. The molecule has 2 fully saturated rings. The van der Waals surface area contributed by atoms with Gasteiger partial charge in [0.1, 0.15) is 6.04 Å². The molecule has 1 aromatic rings. The van der Waals surface area contributed by atoms with E-state index < -0.39 is 15.6 Å². The van der Waals surface area contributed by atoms with Crippen molar-refractivity contribution in [2.24, 2.45) is 5.73 Å². The summed E-state index contributed by atoms with van der Waals surface area (Å²) in [4.78, 5) is 4.40. The van der Waals surface area contributed by atoms with Crippen molar-refractivity contribution in [2.45, 2.75) is 57.0 Å². The van der Waals surface area contributed by atoms with Gasteiger partial charge in [-0.05, 0) is 38.5 Å². The van der Waals surface area contributed by atoms with Gasteiger partial charge < -0.3 is 10.3 Å². The zero-order valence-electron chi connectivity index (χ0n) is 12.3. The van der Waals surface area contributed by atoms with Crippen molar-refractivity contribution >= 4 is 10.0 Å². The summed E-state index contributed by atoms with van der Waals surface area (Å²) in [6.45, 7) is 2.39. The molecule has 1 unspecified atom stereocenters. The van der Waals surface area contributed by atoms with Crippen LogP contribution >= 0.6 is 0 Å². The lowest BCUT2D eigenvalue weighted by molar-refractivity contribution is 0.227. The second kappa shape index (κ2) is 5.33. The van der Waals surface area contributed by atoms with E-state index in [2.05, 4.69) is 10.1 Å². The standard InChI is InChI=1S/C13H22N4O3S/c1-2-9-21(18,19)17-8-3-5-10(17)11-15-12(16-20-11)13(14)6-4-7-13/h10H,2-9,14H2,1H3. The first kappa shape index (κ1) is 14.9. The zero-order chi connectivity index (χ0) is 15.1. The fourth-order valence-corrected chi connectivity index (χ4v) is 4.79. The third kappa shape index (κ3) is 2.60. The molecule has 1 aliphatic carbocycles. The van der Waals surface area contributed by atoms with Gasteiger partial charge >= 0.3 is 0 Å². The van der Waals surface area contributed by atoms with Crippen LogP contribution in [0, 0.1) is 0 Å². The summed E-state index contributed by atoms with van der Waals surface area (Å²) in [7, 11) is -3.25. The Balaban J connectivity index is 1.83. The number of rotatable bonds is 5. The van der Waals surface area contributed by atoms with Crippen LogP contribution in [-0.4, -0.2) is 35.2 Å². The van der Waals surface area contributed by atoms with Crippen molar-refractivity contribution in [3.63, 3.8) is 0 Å². The average molecular weight is 314 g/mol. The van der Waals surface area contributed by atoms with E-state index in [1.54, 1.807) is 0 Å². The lowest BCUT2D eigenvalue weighted by Crippen LogP contribution is -2.44. The maximum absolute atomic E-state index is 12.3. The largest absolute Gasteiger partial charge is 0.337 e. The van der Waals surface area contributed by atoms with Crippen molar-refractivity contribution in [2.75, 3.05) is 12.3 Å². The molecule has 0 spiro atoms. The van der Waals surface area contributed by atoms with E-state index in [0.717, 1.165) is 32.1 Å². The van der Waals surface area contributed by atoms with Crippen LogP contribution in [0.2, 0.25) is 0 Å². The van der Waals surface area contributed by atoms with Gasteiger partial charge in [-0.2, -0.15) is 9.29 Å². The number of nitrogens with two attached hydrogens (primary N) is 1. The van der Waals surface area contributed by atoms with Gasteiger partial charge in [-0.15, -0.1) is 0 Å². The van der Waals surface area contributed by atoms with Crippen molar-refractivity contribution in [1.82, 2.24) is 14.4 Å². The quantitative estimate of drug-likeness (QED) is 0.878. The van der Waals surface area contributed by atoms with E-state index in [9.17, 15) is 8.42 Å². The summed E-state index contributed by atoms with van der Waals surface area (Å²) >= 11 is 0.